The van der Waals surface area contributed by atoms with Crippen molar-refractivity contribution in [1.82, 2.24) is 9.97 Å². The van der Waals surface area contributed by atoms with Crippen molar-refractivity contribution in [2.45, 2.75) is 12.2 Å². The predicted octanol–water partition coefficient (Wildman–Crippen LogP) is 2.05. The first-order chi connectivity index (χ1) is 8.31. The first kappa shape index (κ1) is 12.8. The van der Waals surface area contributed by atoms with E-state index in [1.165, 1.54) is 23.6 Å². The van der Waals surface area contributed by atoms with Crippen LogP contribution in [0, 0.1) is 6.92 Å². The van der Waals surface area contributed by atoms with Crippen LogP contribution in [-0.2, 0) is 0 Å². The SMILES string of the molecule is COc1ncnc(NCC2CSCCS2)c1C. The maximum atomic E-state index is 5.18. The quantitative estimate of drug-likeness (QED) is 0.904. The number of aromatic nitrogens is 2. The van der Waals surface area contributed by atoms with Crippen LogP contribution in [-0.4, -0.2) is 46.1 Å². The summed E-state index contributed by atoms with van der Waals surface area (Å²) >= 11 is 4.07. The third-order valence-corrected chi connectivity index (χ3v) is 5.46. The van der Waals surface area contributed by atoms with Crippen LogP contribution >= 0.6 is 23.5 Å². The Bertz CT molecular complexity index is 370. The maximum absolute atomic E-state index is 5.18. The molecular formula is C11H17N3OS2. The average Bonchev–Trinajstić information content (AvgIpc) is 2.39. The largest absolute Gasteiger partial charge is 0.481 e. The number of nitrogens with one attached hydrogen (secondary N) is 1. The molecule has 1 atom stereocenters. The minimum Gasteiger partial charge on any atom is -0.481 e. The fourth-order valence-corrected chi connectivity index (χ4v) is 4.29. The lowest BCUT2D eigenvalue weighted by molar-refractivity contribution is 0.393. The van der Waals surface area contributed by atoms with Crippen LogP contribution in [0.1, 0.15) is 5.56 Å². The van der Waals surface area contributed by atoms with Gasteiger partial charge in [-0.2, -0.15) is 23.5 Å². The van der Waals surface area contributed by atoms with Crippen molar-refractivity contribution in [2.75, 3.05) is 36.2 Å². The number of ether oxygens (including phenoxy) is 1. The second kappa shape index (κ2) is 6.35. The van der Waals surface area contributed by atoms with Crippen molar-refractivity contribution >= 4 is 29.3 Å². The Morgan fingerprint density at radius 2 is 2.35 bits per heavy atom. The highest BCUT2D eigenvalue weighted by molar-refractivity contribution is 8.06. The van der Waals surface area contributed by atoms with Crippen molar-refractivity contribution in [2.24, 2.45) is 0 Å². The monoisotopic (exact) mass is 271 g/mol. The Kier molecular flexibility index (Phi) is 4.79. The fraction of sp³-hybridized carbons (Fsp3) is 0.636. The summed E-state index contributed by atoms with van der Waals surface area (Å²) in [7, 11) is 1.63. The topological polar surface area (TPSA) is 47.0 Å². The second-order valence-electron chi connectivity index (χ2n) is 3.81. The van der Waals surface area contributed by atoms with Crippen LogP contribution in [0.4, 0.5) is 5.82 Å². The average molecular weight is 271 g/mol. The summed E-state index contributed by atoms with van der Waals surface area (Å²) in [6.45, 7) is 2.93. The van der Waals surface area contributed by atoms with Crippen molar-refractivity contribution in [3.63, 3.8) is 0 Å². The van der Waals surface area contributed by atoms with Gasteiger partial charge in [0.15, 0.2) is 0 Å². The molecule has 1 saturated heterocycles. The molecule has 0 aliphatic carbocycles. The first-order valence-electron chi connectivity index (χ1n) is 5.60. The molecule has 1 aromatic rings. The van der Waals surface area contributed by atoms with Crippen molar-refractivity contribution < 1.29 is 4.74 Å². The number of nitrogens with zero attached hydrogens (tertiary/aromatic N) is 2. The molecule has 0 spiro atoms. The van der Waals surface area contributed by atoms with Crippen LogP contribution < -0.4 is 10.1 Å². The molecule has 1 aliphatic heterocycles. The van der Waals surface area contributed by atoms with E-state index in [1.807, 2.05) is 30.4 Å². The van der Waals surface area contributed by atoms with Crippen molar-refractivity contribution in [3.8, 4) is 5.88 Å². The second-order valence-corrected chi connectivity index (χ2v) is 6.36. The third-order valence-electron chi connectivity index (χ3n) is 2.61. The molecule has 0 saturated carbocycles. The number of thioether (sulfide) groups is 2. The highest BCUT2D eigenvalue weighted by Gasteiger charge is 2.15. The van der Waals surface area contributed by atoms with Gasteiger partial charge in [-0.15, -0.1) is 0 Å². The lowest BCUT2D eigenvalue weighted by Crippen LogP contribution is -2.23. The molecule has 0 radical (unpaired) electrons. The molecular weight excluding hydrogens is 254 g/mol. The number of hydrogen-bond donors (Lipinski definition) is 1. The van der Waals surface area contributed by atoms with Crippen LogP contribution in [0.5, 0.6) is 5.88 Å². The zero-order valence-corrected chi connectivity index (χ0v) is 11.7. The molecule has 0 aromatic carbocycles. The van der Waals surface area contributed by atoms with Gasteiger partial charge in [-0.3, -0.25) is 0 Å². The summed E-state index contributed by atoms with van der Waals surface area (Å²) in [5, 5.41) is 4.07. The summed E-state index contributed by atoms with van der Waals surface area (Å²) in [5.41, 5.74) is 0.975. The minimum atomic E-state index is 0.646. The molecule has 94 valence electrons. The summed E-state index contributed by atoms with van der Waals surface area (Å²) in [6.07, 6.45) is 1.54. The molecule has 2 rings (SSSR count). The van der Waals surface area contributed by atoms with Gasteiger partial charge >= 0.3 is 0 Å². The minimum absolute atomic E-state index is 0.646. The van der Waals surface area contributed by atoms with Crippen LogP contribution in [0.2, 0.25) is 0 Å². The molecule has 6 heteroatoms. The molecule has 0 amide bonds. The van der Waals surface area contributed by atoms with Crippen molar-refractivity contribution in [3.05, 3.63) is 11.9 Å². The molecule has 17 heavy (non-hydrogen) atoms. The molecule has 2 heterocycles. The van der Waals surface area contributed by atoms with Gasteiger partial charge in [-0.05, 0) is 6.92 Å². The summed E-state index contributed by atoms with van der Waals surface area (Å²) in [4.78, 5) is 8.32. The van der Waals surface area contributed by atoms with Crippen LogP contribution in [0.25, 0.3) is 0 Å². The molecule has 1 aromatic heterocycles. The van der Waals surface area contributed by atoms with Gasteiger partial charge in [-0.1, -0.05) is 0 Å². The number of hydrogen-bond acceptors (Lipinski definition) is 6. The van der Waals surface area contributed by atoms with Gasteiger partial charge < -0.3 is 10.1 Å². The van der Waals surface area contributed by atoms with E-state index in [2.05, 4.69) is 15.3 Å². The van der Waals surface area contributed by atoms with E-state index in [4.69, 9.17) is 4.74 Å². The van der Waals surface area contributed by atoms with Gasteiger partial charge in [0.05, 0.1) is 12.7 Å². The molecule has 1 aliphatic rings. The van der Waals surface area contributed by atoms with E-state index in [1.54, 1.807) is 7.11 Å². The number of anilines is 1. The Hall–Kier alpha value is -0.620. The van der Waals surface area contributed by atoms with Gasteiger partial charge in [0.1, 0.15) is 12.1 Å². The molecule has 1 unspecified atom stereocenters. The Labute approximate surface area is 110 Å². The Balaban J connectivity index is 1.93. The molecule has 1 N–H and O–H groups in total. The lowest BCUT2D eigenvalue weighted by Gasteiger charge is -2.21. The zero-order chi connectivity index (χ0) is 12.1. The summed E-state index contributed by atoms with van der Waals surface area (Å²) in [5.74, 6) is 5.28. The van der Waals surface area contributed by atoms with E-state index >= 15 is 0 Å². The maximum Gasteiger partial charge on any atom is 0.221 e. The predicted molar refractivity (Wildman–Crippen MR) is 75.4 cm³/mol. The highest BCUT2D eigenvalue weighted by atomic mass is 32.2. The lowest BCUT2D eigenvalue weighted by atomic mass is 10.3. The normalized spacial score (nSPS) is 20.0. The molecule has 4 nitrogen and oxygen atoms in total. The molecule has 1 fully saturated rings. The number of rotatable bonds is 4. The van der Waals surface area contributed by atoms with Gasteiger partial charge in [-0.25, -0.2) is 9.97 Å². The Morgan fingerprint density at radius 3 is 3.06 bits per heavy atom. The van der Waals surface area contributed by atoms with E-state index < -0.39 is 0 Å². The summed E-state index contributed by atoms with van der Waals surface area (Å²) < 4.78 is 5.18. The Morgan fingerprint density at radius 1 is 1.47 bits per heavy atom. The summed E-state index contributed by atoms with van der Waals surface area (Å²) in [6, 6.07) is 0. The number of methoxy groups -OCH3 is 1. The third kappa shape index (κ3) is 3.42. The fourth-order valence-electron chi connectivity index (χ4n) is 1.68. The van der Waals surface area contributed by atoms with E-state index in [0.29, 0.717) is 11.1 Å². The van der Waals surface area contributed by atoms with Crippen LogP contribution in [0.15, 0.2) is 6.33 Å². The van der Waals surface area contributed by atoms with Crippen LogP contribution in [0.3, 0.4) is 0 Å². The standard InChI is InChI=1S/C11H17N3OS2/c1-8-10(13-7-14-11(8)15-2)12-5-9-6-16-3-4-17-9/h7,9H,3-6H2,1-2H3,(H,12,13,14). The zero-order valence-electron chi connectivity index (χ0n) is 10.1. The van der Waals surface area contributed by atoms with E-state index in [0.717, 1.165) is 17.9 Å². The van der Waals surface area contributed by atoms with Gasteiger partial charge in [0, 0.05) is 29.1 Å². The smallest absolute Gasteiger partial charge is 0.221 e. The van der Waals surface area contributed by atoms with E-state index in [-0.39, 0.29) is 0 Å². The van der Waals surface area contributed by atoms with Gasteiger partial charge in [0.25, 0.3) is 0 Å². The van der Waals surface area contributed by atoms with Crippen molar-refractivity contribution in [1.29, 1.82) is 0 Å². The van der Waals surface area contributed by atoms with E-state index in [9.17, 15) is 0 Å². The first-order valence-corrected chi connectivity index (χ1v) is 7.80. The highest BCUT2D eigenvalue weighted by Crippen LogP contribution is 2.25. The molecule has 0 bridgehead atoms. The van der Waals surface area contributed by atoms with Gasteiger partial charge in [0.2, 0.25) is 5.88 Å².